The summed E-state index contributed by atoms with van der Waals surface area (Å²) in [5.74, 6) is 0.291. The molecule has 1 rings (SSSR count). The molecule has 64 valence electrons. The summed E-state index contributed by atoms with van der Waals surface area (Å²) in [5, 5.41) is 0. The van der Waals surface area contributed by atoms with Crippen LogP contribution in [0.15, 0.2) is 24.3 Å². The average Bonchev–Trinajstić information content (AvgIpc) is 2.17. The van der Waals surface area contributed by atoms with Crippen LogP contribution in [0, 0.1) is 0 Å². The van der Waals surface area contributed by atoms with Gasteiger partial charge in [-0.15, -0.1) is 0 Å². The van der Waals surface area contributed by atoms with Gasteiger partial charge < -0.3 is 8.57 Å². The van der Waals surface area contributed by atoms with Crippen LogP contribution >= 0.6 is 16.3 Å². The lowest BCUT2D eigenvalue weighted by molar-refractivity contribution is 0.0601. The number of ether oxygens (including phenoxy) is 1. The van der Waals surface area contributed by atoms with Crippen molar-refractivity contribution in [3.63, 3.8) is 0 Å². The van der Waals surface area contributed by atoms with E-state index in [4.69, 9.17) is 3.83 Å². The SMILES string of the molecule is COC(=O)c1ccc(OBr)cc1. The fraction of sp³-hybridized carbons (Fsp3) is 0.125. The van der Waals surface area contributed by atoms with Gasteiger partial charge >= 0.3 is 5.97 Å². The first-order chi connectivity index (χ1) is 5.77. The molecule has 1 aromatic carbocycles. The van der Waals surface area contributed by atoms with E-state index in [9.17, 15) is 4.79 Å². The highest BCUT2D eigenvalue weighted by atomic mass is 79.9. The summed E-state index contributed by atoms with van der Waals surface area (Å²) in [7, 11) is 1.34. The number of esters is 1. The summed E-state index contributed by atoms with van der Waals surface area (Å²) in [6.45, 7) is 0. The molecule has 0 unspecified atom stereocenters. The summed E-state index contributed by atoms with van der Waals surface area (Å²) in [6, 6.07) is 6.59. The number of carbonyl (C=O) groups is 1. The van der Waals surface area contributed by atoms with Crippen LogP contribution in [0.2, 0.25) is 0 Å². The van der Waals surface area contributed by atoms with E-state index < -0.39 is 0 Å². The van der Waals surface area contributed by atoms with Gasteiger partial charge in [0.2, 0.25) is 0 Å². The number of benzene rings is 1. The molecule has 0 fully saturated rings. The Morgan fingerprint density at radius 2 is 1.92 bits per heavy atom. The Hall–Kier alpha value is -1.03. The van der Waals surface area contributed by atoms with Gasteiger partial charge in [-0.25, -0.2) is 4.79 Å². The van der Waals surface area contributed by atoms with E-state index in [-0.39, 0.29) is 5.97 Å². The van der Waals surface area contributed by atoms with E-state index >= 15 is 0 Å². The molecule has 0 aliphatic rings. The summed E-state index contributed by atoms with van der Waals surface area (Å²) >= 11 is 2.82. The average molecular weight is 231 g/mol. The molecule has 0 heterocycles. The molecule has 3 nitrogen and oxygen atoms in total. The molecule has 0 atom stereocenters. The van der Waals surface area contributed by atoms with E-state index in [1.165, 1.54) is 7.11 Å². The third-order valence-corrected chi connectivity index (χ3v) is 1.74. The highest BCUT2D eigenvalue weighted by molar-refractivity contribution is 9.06. The van der Waals surface area contributed by atoms with E-state index in [0.717, 1.165) is 0 Å². The Kier molecular flexibility index (Phi) is 3.10. The van der Waals surface area contributed by atoms with Crippen LogP contribution in [-0.4, -0.2) is 13.1 Å². The fourth-order valence-corrected chi connectivity index (χ4v) is 0.976. The lowest BCUT2D eigenvalue weighted by atomic mass is 10.2. The van der Waals surface area contributed by atoms with E-state index in [1.807, 2.05) is 0 Å². The van der Waals surface area contributed by atoms with Crippen LogP contribution in [0.1, 0.15) is 10.4 Å². The normalized spacial score (nSPS) is 9.17. The van der Waals surface area contributed by atoms with Gasteiger partial charge in [0.05, 0.1) is 12.7 Å². The largest absolute Gasteiger partial charge is 0.465 e. The molecule has 1 aromatic rings. The molecule has 0 N–H and O–H groups in total. The van der Waals surface area contributed by atoms with Gasteiger partial charge in [-0.2, -0.15) is 0 Å². The maximum atomic E-state index is 10.9. The number of rotatable bonds is 2. The predicted octanol–water partition coefficient (Wildman–Crippen LogP) is 2.16. The fourth-order valence-electron chi connectivity index (χ4n) is 0.760. The minimum absolute atomic E-state index is 0.351. The van der Waals surface area contributed by atoms with Crippen molar-refractivity contribution >= 4 is 22.2 Å². The van der Waals surface area contributed by atoms with Crippen molar-refractivity contribution in [1.29, 1.82) is 0 Å². The van der Waals surface area contributed by atoms with Crippen molar-refractivity contribution in [2.75, 3.05) is 7.11 Å². The van der Waals surface area contributed by atoms with Gasteiger partial charge in [0.1, 0.15) is 5.75 Å². The zero-order valence-corrected chi connectivity index (χ0v) is 8.00. The van der Waals surface area contributed by atoms with Crippen LogP contribution in [0.25, 0.3) is 0 Å². The van der Waals surface area contributed by atoms with Crippen molar-refractivity contribution in [3.05, 3.63) is 29.8 Å². The number of methoxy groups -OCH3 is 1. The van der Waals surface area contributed by atoms with Gasteiger partial charge in [-0.3, -0.25) is 0 Å². The predicted molar refractivity (Wildman–Crippen MR) is 47.3 cm³/mol. The first kappa shape index (κ1) is 9.06. The van der Waals surface area contributed by atoms with Crippen LogP contribution in [0.5, 0.6) is 5.75 Å². The molecule has 0 radical (unpaired) electrons. The van der Waals surface area contributed by atoms with Gasteiger partial charge in [0.25, 0.3) is 0 Å². The van der Waals surface area contributed by atoms with Crippen molar-refractivity contribution in [2.24, 2.45) is 0 Å². The molecular formula is C8H7BrO3. The lowest BCUT2D eigenvalue weighted by Crippen LogP contribution is -1.99. The summed E-state index contributed by atoms with van der Waals surface area (Å²) < 4.78 is 9.26. The summed E-state index contributed by atoms with van der Waals surface area (Å²) in [4.78, 5) is 10.9. The van der Waals surface area contributed by atoms with E-state index in [0.29, 0.717) is 11.3 Å². The molecule has 0 aromatic heterocycles. The van der Waals surface area contributed by atoms with Crippen molar-refractivity contribution in [3.8, 4) is 5.75 Å². The Bertz CT molecular complexity index is 268. The molecule has 0 aliphatic heterocycles. The molecule has 0 spiro atoms. The van der Waals surface area contributed by atoms with Crippen molar-refractivity contribution in [1.82, 2.24) is 0 Å². The zero-order valence-electron chi connectivity index (χ0n) is 6.41. The Labute approximate surface area is 78.7 Å². The van der Waals surface area contributed by atoms with E-state index in [1.54, 1.807) is 24.3 Å². The molecule has 0 bridgehead atoms. The number of halogens is 1. The molecule has 0 saturated carbocycles. The van der Waals surface area contributed by atoms with Gasteiger partial charge in [0.15, 0.2) is 16.3 Å². The first-order valence-electron chi connectivity index (χ1n) is 3.25. The first-order valence-corrected chi connectivity index (χ1v) is 3.89. The highest BCUT2D eigenvalue weighted by Crippen LogP contribution is 2.14. The van der Waals surface area contributed by atoms with Crippen molar-refractivity contribution < 1.29 is 13.4 Å². The minimum atomic E-state index is -0.351. The molecule has 0 aliphatic carbocycles. The van der Waals surface area contributed by atoms with Gasteiger partial charge in [-0.1, -0.05) is 0 Å². The maximum Gasteiger partial charge on any atom is 0.337 e. The Balaban J connectivity index is 2.84. The molecule has 0 amide bonds. The third kappa shape index (κ3) is 1.98. The van der Waals surface area contributed by atoms with Crippen molar-refractivity contribution in [2.45, 2.75) is 0 Å². The second-order valence-corrected chi connectivity index (χ2v) is 2.42. The van der Waals surface area contributed by atoms with Gasteiger partial charge in [0, 0.05) is 0 Å². The van der Waals surface area contributed by atoms with Crippen LogP contribution in [0.3, 0.4) is 0 Å². The van der Waals surface area contributed by atoms with Crippen LogP contribution in [-0.2, 0) is 4.74 Å². The Morgan fingerprint density at radius 3 is 2.33 bits per heavy atom. The third-order valence-electron chi connectivity index (χ3n) is 1.36. The second-order valence-electron chi connectivity index (χ2n) is 2.09. The monoisotopic (exact) mass is 230 g/mol. The molecule has 0 saturated heterocycles. The molecule has 4 heteroatoms. The summed E-state index contributed by atoms with van der Waals surface area (Å²) in [5.41, 5.74) is 0.505. The number of hydrogen-bond acceptors (Lipinski definition) is 3. The molecule has 12 heavy (non-hydrogen) atoms. The number of hydrogen-bond donors (Lipinski definition) is 0. The Morgan fingerprint density at radius 1 is 1.33 bits per heavy atom. The van der Waals surface area contributed by atoms with Crippen LogP contribution in [0.4, 0.5) is 0 Å². The molecular weight excluding hydrogens is 224 g/mol. The summed E-state index contributed by atoms with van der Waals surface area (Å²) in [6.07, 6.45) is 0. The smallest absolute Gasteiger partial charge is 0.337 e. The standard InChI is InChI=1S/C8H7BrO3/c1-11-8(10)6-2-4-7(12-9)5-3-6/h2-5H,1H3. The maximum absolute atomic E-state index is 10.9. The quantitative estimate of drug-likeness (QED) is 0.731. The van der Waals surface area contributed by atoms with Crippen LogP contribution < -0.4 is 3.83 Å². The zero-order chi connectivity index (χ0) is 8.97. The topological polar surface area (TPSA) is 35.5 Å². The second kappa shape index (κ2) is 4.11. The number of carbonyl (C=O) groups excluding carboxylic acids is 1. The lowest BCUT2D eigenvalue weighted by Gasteiger charge is -1.99. The van der Waals surface area contributed by atoms with E-state index in [2.05, 4.69) is 21.0 Å². The minimum Gasteiger partial charge on any atom is -0.465 e. The highest BCUT2D eigenvalue weighted by Gasteiger charge is 2.03. The van der Waals surface area contributed by atoms with Gasteiger partial charge in [-0.05, 0) is 24.3 Å².